The summed E-state index contributed by atoms with van der Waals surface area (Å²) in [6, 6.07) is 21.4. The number of piperazine rings is 1. The van der Waals surface area contributed by atoms with Crippen LogP contribution in [0.5, 0.6) is 5.75 Å². The van der Waals surface area contributed by atoms with E-state index < -0.39 is 0 Å². The molecule has 0 aliphatic carbocycles. The fourth-order valence-corrected chi connectivity index (χ4v) is 3.91. The molecule has 0 N–H and O–H groups in total. The monoisotopic (exact) mass is 465 g/mol. The first-order valence-corrected chi connectivity index (χ1v) is 10.9. The van der Waals surface area contributed by atoms with Crippen molar-refractivity contribution in [3.05, 3.63) is 94.2 Å². The minimum Gasteiger partial charge on any atom is -0.489 e. The lowest BCUT2D eigenvalue weighted by atomic mass is 10.1. The Morgan fingerprint density at radius 3 is 2.57 bits per heavy atom. The van der Waals surface area contributed by atoms with Gasteiger partial charge in [-0.05, 0) is 48.0 Å². The molecule has 0 spiro atoms. The third kappa shape index (κ3) is 5.46. The Balaban J connectivity index is 1.32. The van der Waals surface area contributed by atoms with Crippen LogP contribution in [0.3, 0.4) is 0 Å². The second-order valence-electron chi connectivity index (χ2n) is 7.34. The van der Waals surface area contributed by atoms with Crippen LogP contribution in [0.15, 0.2) is 77.4 Å². The number of pyridine rings is 1. The fourth-order valence-electron chi connectivity index (χ4n) is 3.53. The zero-order valence-corrected chi connectivity index (χ0v) is 18.3. The van der Waals surface area contributed by atoms with Crippen LogP contribution in [0.2, 0.25) is 0 Å². The number of benzene rings is 2. The van der Waals surface area contributed by atoms with E-state index in [9.17, 15) is 4.79 Å². The number of carbonyl (C=O) groups is 1. The first-order chi connectivity index (χ1) is 14.7. The summed E-state index contributed by atoms with van der Waals surface area (Å²) in [5.41, 5.74) is 2.76. The van der Waals surface area contributed by atoms with Gasteiger partial charge in [0.1, 0.15) is 12.4 Å². The molecule has 4 rings (SSSR count). The fraction of sp³-hybridized carbons (Fsp3) is 0.250. The van der Waals surface area contributed by atoms with E-state index in [2.05, 4.69) is 25.8 Å². The van der Waals surface area contributed by atoms with Gasteiger partial charge in [-0.25, -0.2) is 0 Å². The molecule has 6 heteroatoms. The Labute approximate surface area is 185 Å². The lowest BCUT2D eigenvalue weighted by Crippen LogP contribution is -2.48. The van der Waals surface area contributed by atoms with Crippen molar-refractivity contribution in [3.8, 4) is 5.75 Å². The average Bonchev–Trinajstić information content (AvgIpc) is 2.79. The molecule has 0 unspecified atom stereocenters. The van der Waals surface area contributed by atoms with E-state index in [1.165, 1.54) is 0 Å². The molecule has 1 fully saturated rings. The van der Waals surface area contributed by atoms with Gasteiger partial charge in [0.25, 0.3) is 5.91 Å². The van der Waals surface area contributed by atoms with Crippen molar-refractivity contribution in [2.45, 2.75) is 13.2 Å². The smallest absolute Gasteiger partial charge is 0.253 e. The normalized spacial score (nSPS) is 14.5. The maximum atomic E-state index is 13.0. The average molecular weight is 466 g/mol. The summed E-state index contributed by atoms with van der Waals surface area (Å²) < 4.78 is 6.83. The highest BCUT2D eigenvalue weighted by Crippen LogP contribution is 2.19. The van der Waals surface area contributed by atoms with Crippen molar-refractivity contribution in [1.82, 2.24) is 14.8 Å². The highest BCUT2D eigenvalue weighted by Gasteiger charge is 2.22. The number of nitrogens with zero attached hydrogens (tertiary/aromatic N) is 3. The van der Waals surface area contributed by atoms with Crippen LogP contribution in [0.25, 0.3) is 0 Å². The third-order valence-corrected chi connectivity index (χ3v) is 5.64. The van der Waals surface area contributed by atoms with Gasteiger partial charge in [-0.15, -0.1) is 0 Å². The Morgan fingerprint density at radius 2 is 1.80 bits per heavy atom. The lowest BCUT2D eigenvalue weighted by molar-refractivity contribution is 0.0627. The lowest BCUT2D eigenvalue weighted by Gasteiger charge is -2.34. The van der Waals surface area contributed by atoms with Gasteiger partial charge in [-0.1, -0.05) is 40.2 Å². The molecule has 3 aromatic rings. The topological polar surface area (TPSA) is 45.7 Å². The molecule has 1 saturated heterocycles. The Hall–Kier alpha value is -2.70. The van der Waals surface area contributed by atoms with Gasteiger partial charge in [-0.2, -0.15) is 0 Å². The predicted molar refractivity (Wildman–Crippen MR) is 120 cm³/mol. The van der Waals surface area contributed by atoms with E-state index in [0.29, 0.717) is 12.2 Å². The molecule has 0 atom stereocenters. The Kier molecular flexibility index (Phi) is 6.77. The summed E-state index contributed by atoms with van der Waals surface area (Å²) in [4.78, 5) is 21.7. The summed E-state index contributed by atoms with van der Waals surface area (Å²) in [6.45, 7) is 4.41. The minimum absolute atomic E-state index is 0.0804. The number of carbonyl (C=O) groups excluding carboxylic acids is 1. The van der Waals surface area contributed by atoms with Crippen LogP contribution in [0.4, 0.5) is 0 Å². The van der Waals surface area contributed by atoms with Gasteiger partial charge < -0.3 is 9.64 Å². The van der Waals surface area contributed by atoms with Crippen molar-refractivity contribution in [2.75, 3.05) is 26.2 Å². The molecular formula is C24H24BrN3O2. The van der Waals surface area contributed by atoms with Crippen molar-refractivity contribution in [2.24, 2.45) is 0 Å². The second-order valence-corrected chi connectivity index (χ2v) is 8.25. The largest absolute Gasteiger partial charge is 0.489 e. The molecule has 5 nitrogen and oxygen atoms in total. The maximum absolute atomic E-state index is 13.0. The third-order valence-electron chi connectivity index (χ3n) is 5.15. The molecule has 1 amide bonds. The zero-order valence-electron chi connectivity index (χ0n) is 16.7. The first kappa shape index (κ1) is 20.6. The molecule has 0 saturated carbocycles. The second kappa shape index (κ2) is 9.87. The van der Waals surface area contributed by atoms with E-state index in [1.54, 1.807) is 0 Å². The molecule has 1 aliphatic rings. The number of halogens is 1. The zero-order chi connectivity index (χ0) is 20.8. The SMILES string of the molecule is O=C(c1cccc(COc2cccc(Br)c2)c1)N1CCN(Cc2ccccn2)CC1. The Morgan fingerprint density at radius 1 is 0.967 bits per heavy atom. The van der Waals surface area contributed by atoms with Gasteiger partial charge in [0, 0.05) is 49.0 Å². The molecule has 154 valence electrons. The standard InChI is InChI=1S/C24H24BrN3O2/c25-21-7-4-9-23(16-21)30-18-19-5-3-6-20(15-19)24(29)28-13-11-27(12-14-28)17-22-8-1-2-10-26-22/h1-10,15-16H,11-14,17-18H2. The molecule has 0 radical (unpaired) electrons. The molecule has 1 aliphatic heterocycles. The molecular weight excluding hydrogens is 442 g/mol. The van der Waals surface area contributed by atoms with Crippen LogP contribution in [0, 0.1) is 0 Å². The van der Waals surface area contributed by atoms with Crippen molar-refractivity contribution >= 4 is 21.8 Å². The number of aromatic nitrogens is 1. The van der Waals surface area contributed by atoms with Gasteiger partial charge in [0.05, 0.1) is 5.69 Å². The van der Waals surface area contributed by atoms with Gasteiger partial charge in [0.15, 0.2) is 0 Å². The highest BCUT2D eigenvalue weighted by atomic mass is 79.9. The minimum atomic E-state index is 0.0804. The molecule has 30 heavy (non-hydrogen) atoms. The molecule has 0 bridgehead atoms. The molecule has 2 aromatic carbocycles. The summed E-state index contributed by atoms with van der Waals surface area (Å²) >= 11 is 3.45. The van der Waals surface area contributed by atoms with Crippen molar-refractivity contribution in [1.29, 1.82) is 0 Å². The van der Waals surface area contributed by atoms with Crippen LogP contribution in [-0.4, -0.2) is 46.9 Å². The quantitative estimate of drug-likeness (QED) is 0.541. The number of amides is 1. The van der Waals surface area contributed by atoms with Gasteiger partial charge >= 0.3 is 0 Å². The first-order valence-electron chi connectivity index (χ1n) is 10.1. The number of ether oxygens (including phenoxy) is 1. The predicted octanol–water partition coefficient (Wildman–Crippen LogP) is 4.38. The van der Waals surface area contributed by atoms with E-state index in [4.69, 9.17) is 4.74 Å². The molecule has 1 aromatic heterocycles. The van der Waals surface area contributed by atoms with E-state index in [1.807, 2.05) is 77.8 Å². The Bertz CT molecular complexity index is 989. The summed E-state index contributed by atoms with van der Waals surface area (Å²) in [7, 11) is 0. The van der Waals surface area contributed by atoms with Crippen LogP contribution < -0.4 is 4.74 Å². The number of hydrogen-bond acceptors (Lipinski definition) is 4. The van der Waals surface area contributed by atoms with Crippen LogP contribution in [0.1, 0.15) is 21.6 Å². The number of rotatable bonds is 6. The van der Waals surface area contributed by atoms with Crippen LogP contribution >= 0.6 is 15.9 Å². The van der Waals surface area contributed by atoms with Gasteiger partial charge in [-0.3, -0.25) is 14.7 Å². The van der Waals surface area contributed by atoms with Gasteiger partial charge in [0.2, 0.25) is 0 Å². The molecule has 2 heterocycles. The highest BCUT2D eigenvalue weighted by molar-refractivity contribution is 9.10. The summed E-state index contributed by atoms with van der Waals surface area (Å²) in [5, 5.41) is 0. The van der Waals surface area contributed by atoms with Crippen molar-refractivity contribution < 1.29 is 9.53 Å². The maximum Gasteiger partial charge on any atom is 0.253 e. The summed E-state index contributed by atoms with van der Waals surface area (Å²) in [5.74, 6) is 0.877. The number of hydrogen-bond donors (Lipinski definition) is 0. The van der Waals surface area contributed by atoms with E-state index >= 15 is 0 Å². The van der Waals surface area contributed by atoms with Crippen LogP contribution in [-0.2, 0) is 13.2 Å². The van der Waals surface area contributed by atoms with Crippen molar-refractivity contribution in [3.63, 3.8) is 0 Å². The summed E-state index contributed by atoms with van der Waals surface area (Å²) in [6.07, 6.45) is 1.82. The van der Waals surface area contributed by atoms with E-state index in [-0.39, 0.29) is 5.91 Å². The van der Waals surface area contributed by atoms with E-state index in [0.717, 1.165) is 54.2 Å².